The molecule has 0 aliphatic carbocycles. The van der Waals surface area contributed by atoms with E-state index < -0.39 is 10.9 Å². The molecule has 0 amide bonds. The molecule has 2 aromatic rings. The van der Waals surface area contributed by atoms with E-state index in [1.54, 1.807) is 6.92 Å². The molecule has 0 unspecified atom stereocenters. The highest BCUT2D eigenvalue weighted by Gasteiger charge is 2.27. The first-order chi connectivity index (χ1) is 13.3. The highest BCUT2D eigenvalue weighted by molar-refractivity contribution is 9.10. The number of phenolic OH excluding ortho intramolecular Hbond substituents is 1. The van der Waals surface area contributed by atoms with Gasteiger partial charge in [0.1, 0.15) is 10.8 Å². The van der Waals surface area contributed by atoms with Crippen molar-refractivity contribution in [1.29, 1.82) is 0 Å². The summed E-state index contributed by atoms with van der Waals surface area (Å²) < 4.78 is 5.39. The number of aromatic hydroxyl groups is 1. The summed E-state index contributed by atoms with van der Waals surface area (Å²) in [7, 11) is 2.01. The largest absolute Gasteiger partial charge is 0.506 e. The second kappa shape index (κ2) is 8.38. The number of phenols is 1. The van der Waals surface area contributed by atoms with E-state index in [1.165, 1.54) is 29.7 Å². The van der Waals surface area contributed by atoms with E-state index in [0.29, 0.717) is 10.6 Å². The number of rotatable bonds is 5. The van der Waals surface area contributed by atoms with Crippen molar-refractivity contribution >= 4 is 50.1 Å². The minimum absolute atomic E-state index is 0.159. The molecule has 3 rings (SSSR count). The third-order valence-electron chi connectivity index (χ3n) is 4.32. The fraction of sp³-hybridized carbons (Fsp3) is 0.333. The normalized spacial score (nSPS) is 14.2. The maximum absolute atomic E-state index is 12.5. The first kappa shape index (κ1) is 20.4. The van der Waals surface area contributed by atoms with Crippen LogP contribution in [0, 0.1) is 10.1 Å². The predicted molar refractivity (Wildman–Crippen MR) is 110 cm³/mol. The lowest BCUT2D eigenvalue weighted by atomic mass is 10.0. The van der Waals surface area contributed by atoms with Crippen LogP contribution in [0.3, 0.4) is 0 Å². The van der Waals surface area contributed by atoms with Crippen molar-refractivity contribution in [2.24, 2.45) is 4.99 Å². The van der Waals surface area contributed by atoms with E-state index in [-0.39, 0.29) is 28.1 Å². The smallest absolute Gasteiger partial charge is 0.341 e. The van der Waals surface area contributed by atoms with Crippen molar-refractivity contribution in [2.75, 3.05) is 20.2 Å². The number of esters is 1. The average Bonchev–Trinajstić information content (AvgIpc) is 3.00. The minimum atomic E-state index is -0.550. The Morgan fingerprint density at radius 3 is 2.96 bits per heavy atom. The van der Waals surface area contributed by atoms with Gasteiger partial charge in [-0.15, -0.1) is 11.3 Å². The number of carbonyl (C=O) groups excluding carboxylic acids is 1. The Bertz CT molecular complexity index is 973. The zero-order valence-corrected chi connectivity index (χ0v) is 17.7. The van der Waals surface area contributed by atoms with Crippen LogP contribution in [-0.4, -0.2) is 47.3 Å². The maximum atomic E-state index is 12.5. The van der Waals surface area contributed by atoms with Gasteiger partial charge in [-0.3, -0.25) is 10.1 Å². The van der Waals surface area contributed by atoms with Crippen molar-refractivity contribution in [1.82, 2.24) is 4.90 Å². The van der Waals surface area contributed by atoms with Crippen LogP contribution in [0.2, 0.25) is 0 Å². The van der Waals surface area contributed by atoms with Crippen molar-refractivity contribution in [3.63, 3.8) is 0 Å². The Morgan fingerprint density at radius 1 is 1.54 bits per heavy atom. The van der Waals surface area contributed by atoms with Gasteiger partial charge in [0.15, 0.2) is 0 Å². The van der Waals surface area contributed by atoms with Gasteiger partial charge >= 0.3 is 5.97 Å². The van der Waals surface area contributed by atoms with E-state index in [9.17, 15) is 20.0 Å². The molecule has 0 radical (unpaired) electrons. The topological polar surface area (TPSA) is 105 Å². The lowest BCUT2D eigenvalue weighted by molar-refractivity contribution is -0.385. The first-order valence-electron chi connectivity index (χ1n) is 8.53. The van der Waals surface area contributed by atoms with Crippen LogP contribution >= 0.6 is 27.3 Å². The highest BCUT2D eigenvalue weighted by atomic mass is 79.9. The quantitative estimate of drug-likeness (QED) is 0.307. The van der Waals surface area contributed by atoms with Gasteiger partial charge < -0.3 is 14.7 Å². The second-order valence-corrected chi connectivity index (χ2v) is 8.21. The molecule has 0 bridgehead atoms. The first-order valence-corrected chi connectivity index (χ1v) is 10.1. The molecule has 10 heteroatoms. The van der Waals surface area contributed by atoms with E-state index >= 15 is 0 Å². The Morgan fingerprint density at radius 2 is 2.29 bits per heavy atom. The summed E-state index contributed by atoms with van der Waals surface area (Å²) >= 11 is 4.50. The Labute approximate surface area is 173 Å². The summed E-state index contributed by atoms with van der Waals surface area (Å²) in [5.41, 5.74) is 1.39. The van der Waals surface area contributed by atoms with Crippen LogP contribution in [0.4, 0.5) is 10.7 Å². The highest BCUT2D eigenvalue weighted by Crippen LogP contribution is 2.40. The Hall–Kier alpha value is -2.30. The number of halogens is 1. The molecule has 148 valence electrons. The molecule has 28 heavy (non-hydrogen) atoms. The van der Waals surface area contributed by atoms with Gasteiger partial charge in [0, 0.05) is 41.9 Å². The van der Waals surface area contributed by atoms with E-state index in [4.69, 9.17) is 4.74 Å². The van der Waals surface area contributed by atoms with E-state index in [2.05, 4.69) is 25.8 Å². The number of thiophene rings is 1. The molecule has 1 aromatic carbocycles. The van der Waals surface area contributed by atoms with Gasteiger partial charge in [0.05, 0.1) is 21.6 Å². The van der Waals surface area contributed by atoms with Gasteiger partial charge in [-0.05, 0) is 41.9 Å². The number of ether oxygens (including phenoxy) is 1. The van der Waals surface area contributed by atoms with Crippen LogP contribution in [0.5, 0.6) is 5.75 Å². The number of hydrogen-bond donors (Lipinski definition) is 1. The number of benzene rings is 1. The number of fused-ring (bicyclic) bond motifs is 1. The molecule has 1 N–H and O–H groups in total. The van der Waals surface area contributed by atoms with Crippen LogP contribution in [0.1, 0.15) is 33.3 Å². The molecule has 8 nitrogen and oxygen atoms in total. The Balaban J connectivity index is 2.05. The van der Waals surface area contributed by atoms with Gasteiger partial charge in [0.2, 0.25) is 0 Å². The van der Waals surface area contributed by atoms with Gasteiger partial charge in [-0.2, -0.15) is 0 Å². The molecule has 0 saturated carbocycles. The van der Waals surface area contributed by atoms with Crippen molar-refractivity contribution in [3.8, 4) is 5.75 Å². The number of likely N-dealkylation sites (N-methyl/N-ethyl adjacent to an activating group) is 1. The lowest BCUT2D eigenvalue weighted by Crippen LogP contribution is -2.26. The molecule has 0 spiro atoms. The summed E-state index contributed by atoms with van der Waals surface area (Å²) in [4.78, 5) is 30.6. The second-order valence-electron chi connectivity index (χ2n) is 6.27. The van der Waals surface area contributed by atoms with Gasteiger partial charge in [-0.1, -0.05) is 0 Å². The van der Waals surface area contributed by atoms with Crippen LogP contribution in [-0.2, 0) is 17.7 Å². The predicted octanol–water partition coefficient (Wildman–Crippen LogP) is 4.04. The van der Waals surface area contributed by atoms with E-state index in [1.807, 2.05) is 7.05 Å². The molecule has 1 aliphatic rings. The van der Waals surface area contributed by atoms with E-state index in [0.717, 1.165) is 30.0 Å². The van der Waals surface area contributed by atoms with Crippen LogP contribution in [0.25, 0.3) is 0 Å². The third kappa shape index (κ3) is 4.08. The maximum Gasteiger partial charge on any atom is 0.341 e. The summed E-state index contributed by atoms with van der Waals surface area (Å²) in [6.07, 6.45) is 2.05. The number of hydrogen-bond acceptors (Lipinski definition) is 8. The zero-order valence-electron chi connectivity index (χ0n) is 15.3. The summed E-state index contributed by atoms with van der Waals surface area (Å²) in [5.74, 6) is -0.589. The van der Waals surface area contributed by atoms with Crippen molar-refractivity contribution in [3.05, 3.63) is 48.3 Å². The SMILES string of the molecule is CCOC(=O)c1c(N=Cc2cc([N+](=O)[O-])cc(Br)c2O)sc2c1CCN(C)C2. The number of nitro benzene ring substituents is 1. The van der Waals surface area contributed by atoms with Gasteiger partial charge in [0.25, 0.3) is 5.69 Å². The molecular weight excluding hydrogens is 450 g/mol. The molecule has 0 atom stereocenters. The fourth-order valence-corrected chi connectivity index (χ4v) is 4.68. The van der Waals surface area contributed by atoms with Crippen molar-refractivity contribution < 1.29 is 19.6 Å². The summed E-state index contributed by atoms with van der Waals surface area (Å²) in [6.45, 7) is 3.55. The molecule has 0 fully saturated rings. The molecule has 0 saturated heterocycles. The third-order valence-corrected chi connectivity index (χ3v) is 6.05. The fourth-order valence-electron chi connectivity index (χ4n) is 2.96. The van der Waals surface area contributed by atoms with Crippen LogP contribution in [0.15, 0.2) is 21.6 Å². The minimum Gasteiger partial charge on any atom is -0.506 e. The number of non-ortho nitro benzene ring substituents is 1. The summed E-state index contributed by atoms with van der Waals surface area (Å²) in [6, 6.07) is 2.45. The van der Waals surface area contributed by atoms with Crippen LogP contribution < -0.4 is 0 Å². The number of aliphatic imine (C=N–C) groups is 1. The Kier molecular flexibility index (Phi) is 6.11. The van der Waals surface area contributed by atoms with Crippen molar-refractivity contribution in [2.45, 2.75) is 19.9 Å². The van der Waals surface area contributed by atoms with Gasteiger partial charge in [-0.25, -0.2) is 9.79 Å². The molecule has 1 aliphatic heterocycles. The number of carbonyl (C=O) groups is 1. The zero-order chi connectivity index (χ0) is 20.4. The molecule has 1 aromatic heterocycles. The lowest BCUT2D eigenvalue weighted by Gasteiger charge is -2.22. The number of nitro groups is 1. The standard InChI is InChI=1S/C18H18BrN3O5S/c1-3-27-18(24)15-12-4-5-21(2)9-14(12)28-17(15)20-8-10-6-11(22(25)26)7-13(19)16(10)23/h6-8,23H,3-5,9H2,1-2H3. The monoisotopic (exact) mass is 467 g/mol. The molecule has 2 heterocycles. The summed E-state index contributed by atoms with van der Waals surface area (Å²) in [5, 5.41) is 21.7. The number of nitrogens with zero attached hydrogens (tertiary/aromatic N) is 3. The molecular formula is C18H18BrN3O5S. The average molecular weight is 468 g/mol.